The normalized spacial score (nSPS) is 26.9. The zero-order chi connectivity index (χ0) is 14.4. The molecule has 0 aliphatic heterocycles. The zero-order valence-electron chi connectivity index (χ0n) is 11.8. The molecule has 4 rings (SSSR count). The van der Waals surface area contributed by atoms with E-state index in [9.17, 15) is 10.2 Å². The molecule has 21 heavy (non-hydrogen) atoms. The van der Waals surface area contributed by atoms with Gasteiger partial charge >= 0.3 is 0 Å². The first kappa shape index (κ1) is 12.5. The zero-order valence-corrected chi connectivity index (χ0v) is 11.8. The molecule has 106 valence electrons. The molecule has 2 aliphatic rings. The largest absolute Gasteiger partial charge is 0.508 e. The van der Waals surface area contributed by atoms with E-state index in [-0.39, 0.29) is 16.9 Å². The summed E-state index contributed by atoms with van der Waals surface area (Å²) in [4.78, 5) is 0. The van der Waals surface area contributed by atoms with Gasteiger partial charge in [-0.05, 0) is 54.5 Å². The molecule has 2 aliphatic carbocycles. The Morgan fingerprint density at radius 2 is 1.81 bits per heavy atom. The molecule has 2 N–H and O–H groups in total. The fourth-order valence-electron chi connectivity index (χ4n) is 4.15. The molecule has 0 amide bonds. The minimum Gasteiger partial charge on any atom is -0.508 e. The molecule has 1 fully saturated rings. The SMILES string of the molecule is Oc1ccc(O)c(C23CCC(C=C2c2ccccc2)C3)c1. The van der Waals surface area contributed by atoms with Crippen LogP contribution >= 0.6 is 0 Å². The standard InChI is InChI=1S/C19H18O2/c20-15-6-7-18(21)17(11-15)19-9-8-13(12-19)10-16(19)14-4-2-1-3-5-14/h1-7,10-11,13,20-21H,8-9,12H2. The average molecular weight is 278 g/mol. The first-order valence-corrected chi connectivity index (χ1v) is 7.49. The summed E-state index contributed by atoms with van der Waals surface area (Å²) in [5.41, 5.74) is 3.26. The van der Waals surface area contributed by atoms with E-state index in [1.54, 1.807) is 18.2 Å². The number of hydrogen-bond donors (Lipinski definition) is 2. The van der Waals surface area contributed by atoms with Gasteiger partial charge in [-0.2, -0.15) is 0 Å². The Bertz CT molecular complexity index is 718. The van der Waals surface area contributed by atoms with Crippen molar-refractivity contribution in [1.29, 1.82) is 0 Å². The summed E-state index contributed by atoms with van der Waals surface area (Å²) >= 11 is 0. The van der Waals surface area contributed by atoms with Crippen LogP contribution in [0.2, 0.25) is 0 Å². The van der Waals surface area contributed by atoms with Crippen molar-refractivity contribution in [1.82, 2.24) is 0 Å². The first-order chi connectivity index (χ1) is 10.2. The molecule has 0 spiro atoms. The predicted molar refractivity (Wildman–Crippen MR) is 83.2 cm³/mol. The molecule has 1 saturated carbocycles. The number of fused-ring (bicyclic) bond motifs is 2. The van der Waals surface area contributed by atoms with Crippen molar-refractivity contribution < 1.29 is 10.2 Å². The number of aromatic hydroxyl groups is 2. The van der Waals surface area contributed by atoms with E-state index in [1.807, 2.05) is 6.07 Å². The minimum absolute atomic E-state index is 0.144. The van der Waals surface area contributed by atoms with E-state index in [0.717, 1.165) is 24.8 Å². The molecule has 0 saturated heterocycles. The van der Waals surface area contributed by atoms with Gasteiger partial charge in [0.15, 0.2) is 0 Å². The average Bonchev–Trinajstić information content (AvgIpc) is 3.10. The van der Waals surface area contributed by atoms with Gasteiger partial charge in [0.1, 0.15) is 11.5 Å². The highest BCUT2D eigenvalue weighted by atomic mass is 16.3. The number of benzene rings is 2. The lowest BCUT2D eigenvalue weighted by atomic mass is 9.71. The van der Waals surface area contributed by atoms with Crippen molar-refractivity contribution in [3.63, 3.8) is 0 Å². The lowest BCUT2D eigenvalue weighted by molar-refractivity contribution is 0.436. The van der Waals surface area contributed by atoms with E-state index in [0.29, 0.717) is 5.92 Å². The molecule has 2 aromatic rings. The highest BCUT2D eigenvalue weighted by molar-refractivity contribution is 5.80. The summed E-state index contributed by atoms with van der Waals surface area (Å²) < 4.78 is 0. The van der Waals surface area contributed by atoms with Gasteiger partial charge in [0, 0.05) is 11.0 Å². The van der Waals surface area contributed by atoms with Gasteiger partial charge in [-0.1, -0.05) is 36.4 Å². The summed E-state index contributed by atoms with van der Waals surface area (Å²) in [7, 11) is 0. The van der Waals surface area contributed by atoms with Gasteiger partial charge in [0.05, 0.1) is 0 Å². The summed E-state index contributed by atoms with van der Waals surface area (Å²) in [6.45, 7) is 0. The molecule has 0 aromatic heterocycles. The van der Waals surface area contributed by atoms with Gasteiger partial charge in [-0.15, -0.1) is 0 Å². The second-order valence-corrected chi connectivity index (χ2v) is 6.23. The number of phenols is 2. The van der Waals surface area contributed by atoms with Crippen molar-refractivity contribution in [3.05, 3.63) is 65.7 Å². The third-order valence-corrected chi connectivity index (χ3v) is 5.05. The molecule has 2 nitrogen and oxygen atoms in total. The molecule has 2 unspecified atom stereocenters. The summed E-state index contributed by atoms with van der Waals surface area (Å²) in [5, 5.41) is 20.2. The minimum atomic E-state index is -0.144. The maximum absolute atomic E-state index is 10.3. The molecular formula is C19H18O2. The second-order valence-electron chi connectivity index (χ2n) is 6.23. The Morgan fingerprint density at radius 1 is 1.00 bits per heavy atom. The van der Waals surface area contributed by atoms with Crippen LogP contribution in [0.4, 0.5) is 0 Å². The fraction of sp³-hybridized carbons (Fsp3) is 0.263. The third-order valence-electron chi connectivity index (χ3n) is 5.05. The third kappa shape index (κ3) is 1.79. The van der Waals surface area contributed by atoms with E-state index < -0.39 is 0 Å². The highest BCUT2D eigenvalue weighted by Gasteiger charge is 2.49. The Hall–Kier alpha value is -2.22. The van der Waals surface area contributed by atoms with Crippen LogP contribution in [0.25, 0.3) is 5.57 Å². The molecule has 2 bridgehead atoms. The van der Waals surface area contributed by atoms with Crippen molar-refractivity contribution in [2.24, 2.45) is 5.92 Å². The summed E-state index contributed by atoms with van der Waals surface area (Å²) in [6.07, 6.45) is 5.59. The van der Waals surface area contributed by atoms with E-state index in [2.05, 4.69) is 30.3 Å². The van der Waals surface area contributed by atoms with E-state index >= 15 is 0 Å². The second kappa shape index (κ2) is 4.39. The lowest BCUT2D eigenvalue weighted by Gasteiger charge is -2.32. The van der Waals surface area contributed by atoms with Gasteiger partial charge in [-0.3, -0.25) is 0 Å². The van der Waals surface area contributed by atoms with Crippen LogP contribution in [-0.2, 0) is 5.41 Å². The first-order valence-electron chi connectivity index (χ1n) is 7.49. The fourth-order valence-corrected chi connectivity index (χ4v) is 4.15. The van der Waals surface area contributed by atoms with Crippen LogP contribution in [0, 0.1) is 5.92 Å². The quantitative estimate of drug-likeness (QED) is 0.807. The van der Waals surface area contributed by atoms with Crippen LogP contribution in [0.1, 0.15) is 30.4 Å². The molecule has 0 heterocycles. The number of allylic oxidation sites excluding steroid dienone is 2. The van der Waals surface area contributed by atoms with Crippen LogP contribution < -0.4 is 0 Å². The predicted octanol–water partition coefficient (Wildman–Crippen LogP) is 4.23. The smallest absolute Gasteiger partial charge is 0.119 e. The van der Waals surface area contributed by atoms with Gasteiger partial charge in [-0.25, -0.2) is 0 Å². The Labute approximate surface area is 124 Å². The molecule has 2 aromatic carbocycles. The van der Waals surface area contributed by atoms with Crippen molar-refractivity contribution in [2.45, 2.75) is 24.7 Å². The van der Waals surface area contributed by atoms with Crippen LogP contribution in [0.3, 0.4) is 0 Å². The summed E-state index contributed by atoms with van der Waals surface area (Å²) in [6, 6.07) is 15.3. The Balaban J connectivity index is 1.89. The van der Waals surface area contributed by atoms with Gasteiger partial charge in [0.25, 0.3) is 0 Å². The van der Waals surface area contributed by atoms with Crippen LogP contribution in [0.15, 0.2) is 54.6 Å². The van der Waals surface area contributed by atoms with Gasteiger partial charge < -0.3 is 10.2 Å². The van der Waals surface area contributed by atoms with E-state index in [1.165, 1.54) is 11.1 Å². The van der Waals surface area contributed by atoms with Crippen molar-refractivity contribution >= 4 is 5.57 Å². The molecule has 2 atom stereocenters. The van der Waals surface area contributed by atoms with E-state index in [4.69, 9.17) is 0 Å². The van der Waals surface area contributed by atoms with Crippen LogP contribution in [-0.4, -0.2) is 10.2 Å². The lowest BCUT2D eigenvalue weighted by Crippen LogP contribution is -2.22. The van der Waals surface area contributed by atoms with Crippen molar-refractivity contribution in [2.75, 3.05) is 0 Å². The number of rotatable bonds is 2. The summed E-state index contributed by atoms with van der Waals surface area (Å²) in [5.74, 6) is 1.10. The Morgan fingerprint density at radius 3 is 2.57 bits per heavy atom. The maximum atomic E-state index is 10.3. The monoisotopic (exact) mass is 278 g/mol. The maximum Gasteiger partial charge on any atom is 0.119 e. The number of hydrogen-bond acceptors (Lipinski definition) is 2. The molecule has 2 heteroatoms. The van der Waals surface area contributed by atoms with Crippen LogP contribution in [0.5, 0.6) is 11.5 Å². The van der Waals surface area contributed by atoms with Gasteiger partial charge in [0.2, 0.25) is 0 Å². The highest BCUT2D eigenvalue weighted by Crippen LogP contribution is 2.60. The van der Waals surface area contributed by atoms with Crippen molar-refractivity contribution in [3.8, 4) is 11.5 Å². The Kier molecular flexibility index (Phi) is 2.61. The topological polar surface area (TPSA) is 40.5 Å². The molecule has 0 radical (unpaired) electrons. The molecular weight excluding hydrogens is 260 g/mol. The number of phenolic OH excluding ortho intramolecular Hbond substituents is 2.